The number of methoxy groups -OCH3 is 1. The van der Waals surface area contributed by atoms with Crippen LogP contribution < -0.4 is 5.73 Å². The number of nitrogens with zero attached hydrogens (tertiary/aromatic N) is 1. The largest absolute Gasteiger partial charge is 0.381 e. The summed E-state index contributed by atoms with van der Waals surface area (Å²) in [6, 6.07) is 0.0556. The summed E-state index contributed by atoms with van der Waals surface area (Å²) < 4.78 is 30.5. The normalized spacial score (nSPS) is 25.3. The van der Waals surface area contributed by atoms with Gasteiger partial charge in [0.2, 0.25) is 10.0 Å². The van der Waals surface area contributed by atoms with E-state index in [4.69, 9.17) is 10.5 Å². The molecule has 0 bridgehead atoms. The van der Waals surface area contributed by atoms with Gasteiger partial charge in [-0.05, 0) is 26.2 Å². The highest BCUT2D eigenvalue weighted by molar-refractivity contribution is 7.89. The zero-order valence-electron chi connectivity index (χ0n) is 10.6. The van der Waals surface area contributed by atoms with Crippen molar-refractivity contribution in [2.45, 2.75) is 32.4 Å². The van der Waals surface area contributed by atoms with Gasteiger partial charge in [-0.2, -0.15) is 0 Å². The molecule has 0 aromatic carbocycles. The van der Waals surface area contributed by atoms with E-state index in [0.29, 0.717) is 13.1 Å². The third-order valence-corrected chi connectivity index (χ3v) is 5.18. The van der Waals surface area contributed by atoms with Gasteiger partial charge in [-0.1, -0.05) is 0 Å². The van der Waals surface area contributed by atoms with Crippen LogP contribution in [0.4, 0.5) is 0 Å². The van der Waals surface area contributed by atoms with Crippen LogP contribution in [-0.4, -0.2) is 50.8 Å². The Labute approximate surface area is 110 Å². The van der Waals surface area contributed by atoms with Gasteiger partial charge in [0.05, 0.1) is 11.9 Å². The second-order valence-electron chi connectivity index (χ2n) is 4.59. The van der Waals surface area contributed by atoms with Gasteiger partial charge in [-0.3, -0.25) is 0 Å². The lowest BCUT2D eigenvalue weighted by Crippen LogP contribution is -2.36. The summed E-state index contributed by atoms with van der Waals surface area (Å²) in [7, 11) is -1.66. The second kappa shape index (κ2) is 6.89. The Bertz CT molecular complexity index is 322. The SMILES string of the molecule is COC(C)CS(=O)(=O)N1CCC(C(C)N)C1.Cl. The van der Waals surface area contributed by atoms with E-state index < -0.39 is 10.0 Å². The molecule has 0 saturated carbocycles. The van der Waals surface area contributed by atoms with Crippen molar-refractivity contribution in [2.75, 3.05) is 26.0 Å². The van der Waals surface area contributed by atoms with Gasteiger partial charge in [-0.25, -0.2) is 12.7 Å². The number of sulfonamides is 1. The predicted molar refractivity (Wildman–Crippen MR) is 70.8 cm³/mol. The second-order valence-corrected chi connectivity index (χ2v) is 6.60. The third-order valence-electron chi connectivity index (χ3n) is 3.17. The maximum Gasteiger partial charge on any atom is 0.216 e. The molecule has 17 heavy (non-hydrogen) atoms. The Kier molecular flexibility index (Phi) is 6.94. The molecule has 104 valence electrons. The lowest BCUT2D eigenvalue weighted by molar-refractivity contribution is 0.135. The van der Waals surface area contributed by atoms with Gasteiger partial charge in [0, 0.05) is 26.2 Å². The highest BCUT2D eigenvalue weighted by Gasteiger charge is 2.33. The van der Waals surface area contributed by atoms with E-state index >= 15 is 0 Å². The van der Waals surface area contributed by atoms with E-state index in [1.54, 1.807) is 6.92 Å². The fraction of sp³-hybridized carbons (Fsp3) is 1.00. The number of hydrogen-bond donors (Lipinski definition) is 1. The van der Waals surface area contributed by atoms with Crippen LogP contribution >= 0.6 is 12.4 Å². The summed E-state index contributed by atoms with van der Waals surface area (Å²) >= 11 is 0. The van der Waals surface area contributed by atoms with Crippen LogP contribution in [-0.2, 0) is 14.8 Å². The van der Waals surface area contributed by atoms with Crippen LogP contribution in [0.1, 0.15) is 20.3 Å². The molecule has 1 aliphatic rings. The molecule has 1 saturated heterocycles. The highest BCUT2D eigenvalue weighted by Crippen LogP contribution is 2.22. The lowest BCUT2D eigenvalue weighted by atomic mass is 10.0. The molecule has 0 aromatic rings. The smallest absolute Gasteiger partial charge is 0.216 e. The van der Waals surface area contributed by atoms with Gasteiger partial charge in [-0.15, -0.1) is 12.4 Å². The molecular formula is C10H23ClN2O3S. The Morgan fingerprint density at radius 3 is 2.47 bits per heavy atom. The first kappa shape index (κ1) is 17.1. The number of ether oxygens (including phenoxy) is 1. The molecule has 0 radical (unpaired) electrons. The van der Waals surface area contributed by atoms with Crippen molar-refractivity contribution in [1.29, 1.82) is 0 Å². The van der Waals surface area contributed by atoms with Crippen molar-refractivity contribution in [3.8, 4) is 0 Å². The quantitative estimate of drug-likeness (QED) is 0.796. The first-order chi connectivity index (χ1) is 7.36. The fourth-order valence-corrected chi connectivity index (χ4v) is 3.65. The monoisotopic (exact) mass is 286 g/mol. The summed E-state index contributed by atoms with van der Waals surface area (Å²) in [5.41, 5.74) is 5.78. The van der Waals surface area contributed by atoms with Crippen LogP contribution in [0.25, 0.3) is 0 Å². The van der Waals surface area contributed by atoms with Gasteiger partial charge >= 0.3 is 0 Å². The average molecular weight is 287 g/mol. The van der Waals surface area contributed by atoms with Crippen LogP contribution in [0.15, 0.2) is 0 Å². The van der Waals surface area contributed by atoms with Crippen molar-refractivity contribution in [3.63, 3.8) is 0 Å². The Morgan fingerprint density at radius 2 is 2.06 bits per heavy atom. The maximum absolute atomic E-state index is 12.0. The third kappa shape index (κ3) is 4.71. The Hall–Kier alpha value is 0.120. The van der Waals surface area contributed by atoms with E-state index in [-0.39, 0.29) is 36.2 Å². The molecule has 1 rings (SSSR count). The highest BCUT2D eigenvalue weighted by atomic mass is 35.5. The molecule has 1 fully saturated rings. The first-order valence-electron chi connectivity index (χ1n) is 5.63. The minimum atomic E-state index is -3.18. The van der Waals surface area contributed by atoms with Gasteiger partial charge < -0.3 is 10.5 Å². The molecule has 0 aromatic heterocycles. The molecule has 7 heteroatoms. The summed E-state index contributed by atoms with van der Waals surface area (Å²) in [5, 5.41) is 0. The van der Waals surface area contributed by atoms with E-state index in [1.165, 1.54) is 11.4 Å². The van der Waals surface area contributed by atoms with Crippen molar-refractivity contribution in [2.24, 2.45) is 11.7 Å². The number of rotatable bonds is 5. The van der Waals surface area contributed by atoms with Crippen molar-refractivity contribution < 1.29 is 13.2 Å². The van der Waals surface area contributed by atoms with Crippen LogP contribution in [0.2, 0.25) is 0 Å². The van der Waals surface area contributed by atoms with Crippen LogP contribution in [0.5, 0.6) is 0 Å². The summed E-state index contributed by atoms with van der Waals surface area (Å²) in [6.07, 6.45) is 0.595. The topological polar surface area (TPSA) is 72.6 Å². The molecule has 1 heterocycles. The number of halogens is 1. The molecule has 0 spiro atoms. The minimum Gasteiger partial charge on any atom is -0.381 e. The Balaban J connectivity index is 0.00000256. The summed E-state index contributed by atoms with van der Waals surface area (Å²) in [4.78, 5) is 0. The van der Waals surface area contributed by atoms with Crippen LogP contribution in [0.3, 0.4) is 0 Å². The number of hydrogen-bond acceptors (Lipinski definition) is 4. The molecule has 5 nitrogen and oxygen atoms in total. The zero-order valence-corrected chi connectivity index (χ0v) is 12.3. The molecule has 2 N–H and O–H groups in total. The van der Waals surface area contributed by atoms with Crippen LogP contribution in [0, 0.1) is 5.92 Å². The van der Waals surface area contributed by atoms with E-state index in [9.17, 15) is 8.42 Å². The van der Waals surface area contributed by atoms with Gasteiger partial charge in [0.25, 0.3) is 0 Å². The van der Waals surface area contributed by atoms with Crippen molar-refractivity contribution in [1.82, 2.24) is 4.31 Å². The zero-order chi connectivity index (χ0) is 12.3. The van der Waals surface area contributed by atoms with E-state index in [0.717, 1.165) is 6.42 Å². The molecular weight excluding hydrogens is 264 g/mol. The van der Waals surface area contributed by atoms with Gasteiger partial charge in [0.15, 0.2) is 0 Å². The van der Waals surface area contributed by atoms with Gasteiger partial charge in [0.1, 0.15) is 0 Å². The summed E-state index contributed by atoms with van der Waals surface area (Å²) in [6.45, 7) is 4.83. The summed E-state index contributed by atoms with van der Waals surface area (Å²) in [5.74, 6) is 0.336. The Morgan fingerprint density at radius 1 is 1.47 bits per heavy atom. The molecule has 0 amide bonds. The lowest BCUT2D eigenvalue weighted by Gasteiger charge is -2.19. The minimum absolute atomic E-state index is 0. The standard InChI is InChI=1S/C10H22N2O3S.ClH/c1-8(15-3)7-16(13,14)12-5-4-10(6-12)9(2)11;/h8-10H,4-7,11H2,1-3H3;1H. The first-order valence-corrected chi connectivity index (χ1v) is 7.24. The fourth-order valence-electron chi connectivity index (χ4n) is 1.91. The maximum atomic E-state index is 12.0. The molecule has 3 unspecified atom stereocenters. The predicted octanol–water partition coefficient (Wildman–Crippen LogP) is 0.442. The molecule has 1 aliphatic heterocycles. The van der Waals surface area contributed by atoms with Crippen molar-refractivity contribution in [3.05, 3.63) is 0 Å². The van der Waals surface area contributed by atoms with Crippen molar-refractivity contribution >= 4 is 22.4 Å². The van der Waals surface area contributed by atoms with E-state index in [2.05, 4.69) is 0 Å². The van der Waals surface area contributed by atoms with E-state index in [1.807, 2.05) is 6.92 Å². The number of nitrogens with two attached hydrogens (primary N) is 1. The average Bonchev–Trinajstić information content (AvgIpc) is 2.66. The molecule has 3 atom stereocenters. The molecule has 0 aliphatic carbocycles.